The van der Waals surface area contributed by atoms with Crippen molar-refractivity contribution < 1.29 is 0 Å². The van der Waals surface area contributed by atoms with Gasteiger partial charge in [0, 0.05) is 42.8 Å². The largest absolute Gasteiger partial charge is 0.313 e. The molecule has 0 aliphatic rings. The SMILES string of the molecule is CCNCc1cnc(C)cc1-n1ccnc1CC. The Kier molecular flexibility index (Phi) is 4.10. The van der Waals surface area contributed by atoms with Crippen LogP contribution in [0.4, 0.5) is 0 Å². The van der Waals surface area contributed by atoms with Crippen LogP contribution in [0.3, 0.4) is 0 Å². The molecule has 2 heterocycles. The first-order chi connectivity index (χ1) is 8.76. The van der Waals surface area contributed by atoms with Gasteiger partial charge in [-0.05, 0) is 19.5 Å². The number of rotatable bonds is 5. The smallest absolute Gasteiger partial charge is 0.112 e. The van der Waals surface area contributed by atoms with Crippen molar-refractivity contribution in [1.82, 2.24) is 19.9 Å². The predicted molar refractivity (Wildman–Crippen MR) is 72.9 cm³/mol. The van der Waals surface area contributed by atoms with E-state index in [1.165, 1.54) is 11.3 Å². The lowest BCUT2D eigenvalue weighted by Crippen LogP contribution is -2.15. The van der Waals surface area contributed by atoms with Crippen LogP contribution in [0.1, 0.15) is 30.9 Å². The Morgan fingerprint density at radius 3 is 2.83 bits per heavy atom. The van der Waals surface area contributed by atoms with Crippen molar-refractivity contribution in [2.45, 2.75) is 33.7 Å². The van der Waals surface area contributed by atoms with Gasteiger partial charge in [-0.25, -0.2) is 4.98 Å². The highest BCUT2D eigenvalue weighted by molar-refractivity contribution is 5.42. The van der Waals surface area contributed by atoms with E-state index in [4.69, 9.17) is 0 Å². The van der Waals surface area contributed by atoms with E-state index in [0.717, 1.165) is 31.0 Å². The van der Waals surface area contributed by atoms with E-state index in [-0.39, 0.29) is 0 Å². The number of nitrogens with zero attached hydrogens (tertiary/aromatic N) is 3. The summed E-state index contributed by atoms with van der Waals surface area (Å²) >= 11 is 0. The summed E-state index contributed by atoms with van der Waals surface area (Å²) in [5, 5.41) is 3.35. The first-order valence-electron chi connectivity index (χ1n) is 6.45. The van der Waals surface area contributed by atoms with Crippen molar-refractivity contribution >= 4 is 0 Å². The summed E-state index contributed by atoms with van der Waals surface area (Å²) in [6, 6.07) is 2.12. The molecular weight excluding hydrogens is 224 g/mol. The van der Waals surface area contributed by atoms with Crippen molar-refractivity contribution in [3.63, 3.8) is 0 Å². The maximum atomic E-state index is 4.38. The molecule has 4 heteroatoms. The molecule has 2 aromatic rings. The predicted octanol–water partition coefficient (Wildman–Crippen LogP) is 2.25. The van der Waals surface area contributed by atoms with E-state index < -0.39 is 0 Å². The summed E-state index contributed by atoms with van der Waals surface area (Å²) in [4.78, 5) is 8.77. The highest BCUT2D eigenvalue weighted by Crippen LogP contribution is 2.17. The van der Waals surface area contributed by atoms with Gasteiger partial charge in [-0.15, -0.1) is 0 Å². The van der Waals surface area contributed by atoms with Gasteiger partial charge >= 0.3 is 0 Å². The Bertz CT molecular complexity index is 516. The zero-order valence-electron chi connectivity index (χ0n) is 11.3. The quantitative estimate of drug-likeness (QED) is 0.877. The van der Waals surface area contributed by atoms with E-state index >= 15 is 0 Å². The third-order valence-electron chi connectivity index (χ3n) is 2.96. The second kappa shape index (κ2) is 5.78. The third-order valence-corrected chi connectivity index (χ3v) is 2.96. The lowest BCUT2D eigenvalue weighted by molar-refractivity contribution is 0.716. The van der Waals surface area contributed by atoms with Gasteiger partial charge in [0.1, 0.15) is 5.82 Å². The lowest BCUT2D eigenvalue weighted by Gasteiger charge is -2.13. The minimum atomic E-state index is 0.834. The molecule has 0 radical (unpaired) electrons. The van der Waals surface area contributed by atoms with Crippen LogP contribution in [0.2, 0.25) is 0 Å². The van der Waals surface area contributed by atoms with Crippen molar-refractivity contribution in [3.8, 4) is 5.69 Å². The fraction of sp³-hybridized carbons (Fsp3) is 0.429. The van der Waals surface area contributed by atoms with Crippen LogP contribution in [-0.4, -0.2) is 21.1 Å². The molecule has 0 atom stereocenters. The van der Waals surface area contributed by atoms with Crippen LogP contribution >= 0.6 is 0 Å². The standard InChI is InChI=1S/C14H20N4/c1-4-14-16-6-7-18(14)13-8-11(3)17-10-12(13)9-15-5-2/h6-8,10,15H,4-5,9H2,1-3H3. The summed E-state index contributed by atoms with van der Waals surface area (Å²) in [7, 11) is 0. The number of aryl methyl sites for hydroxylation is 2. The zero-order valence-corrected chi connectivity index (χ0v) is 11.3. The Labute approximate surface area is 108 Å². The van der Waals surface area contributed by atoms with Gasteiger partial charge in [-0.3, -0.25) is 4.98 Å². The van der Waals surface area contributed by atoms with Gasteiger partial charge < -0.3 is 9.88 Å². The van der Waals surface area contributed by atoms with Crippen molar-refractivity contribution in [1.29, 1.82) is 0 Å². The molecule has 0 spiro atoms. The second-order valence-electron chi connectivity index (χ2n) is 4.30. The van der Waals surface area contributed by atoms with Gasteiger partial charge in [-0.1, -0.05) is 13.8 Å². The summed E-state index contributed by atoms with van der Waals surface area (Å²) in [5.74, 6) is 1.08. The minimum Gasteiger partial charge on any atom is -0.313 e. The van der Waals surface area contributed by atoms with E-state index in [9.17, 15) is 0 Å². The molecule has 0 unspecified atom stereocenters. The number of hydrogen-bond acceptors (Lipinski definition) is 3. The molecule has 0 amide bonds. The number of imidazole rings is 1. The summed E-state index contributed by atoms with van der Waals surface area (Å²) in [6.45, 7) is 8.04. The monoisotopic (exact) mass is 244 g/mol. The van der Waals surface area contributed by atoms with E-state index in [1.807, 2.05) is 25.5 Å². The normalized spacial score (nSPS) is 10.8. The third kappa shape index (κ3) is 2.59. The zero-order chi connectivity index (χ0) is 13.0. The molecule has 0 bridgehead atoms. The number of aromatic nitrogens is 3. The van der Waals surface area contributed by atoms with Gasteiger partial charge in [-0.2, -0.15) is 0 Å². The van der Waals surface area contributed by atoms with Gasteiger partial charge in [0.05, 0.1) is 5.69 Å². The number of hydrogen-bond donors (Lipinski definition) is 1. The molecular formula is C14H20N4. The topological polar surface area (TPSA) is 42.7 Å². The molecule has 18 heavy (non-hydrogen) atoms. The van der Waals surface area contributed by atoms with Crippen LogP contribution in [0.5, 0.6) is 0 Å². The average molecular weight is 244 g/mol. The molecule has 2 rings (SSSR count). The second-order valence-corrected chi connectivity index (χ2v) is 4.30. The van der Waals surface area contributed by atoms with E-state index in [2.05, 4.69) is 39.8 Å². The highest BCUT2D eigenvalue weighted by Gasteiger charge is 2.09. The van der Waals surface area contributed by atoms with Crippen molar-refractivity contribution in [2.24, 2.45) is 0 Å². The maximum absolute atomic E-state index is 4.38. The number of nitrogens with one attached hydrogen (secondary N) is 1. The molecule has 0 fully saturated rings. The molecule has 96 valence electrons. The minimum absolute atomic E-state index is 0.834. The molecule has 0 aliphatic carbocycles. The van der Waals surface area contributed by atoms with E-state index in [1.54, 1.807) is 0 Å². The summed E-state index contributed by atoms with van der Waals surface area (Å²) < 4.78 is 2.15. The Balaban J connectivity index is 2.44. The molecule has 4 nitrogen and oxygen atoms in total. The molecule has 0 aromatic carbocycles. The van der Waals surface area contributed by atoms with Crippen LogP contribution in [0, 0.1) is 6.92 Å². The van der Waals surface area contributed by atoms with Gasteiger partial charge in [0.25, 0.3) is 0 Å². The first-order valence-corrected chi connectivity index (χ1v) is 6.45. The van der Waals surface area contributed by atoms with Gasteiger partial charge in [0.2, 0.25) is 0 Å². The fourth-order valence-corrected chi connectivity index (χ4v) is 2.01. The highest BCUT2D eigenvalue weighted by atomic mass is 15.1. The lowest BCUT2D eigenvalue weighted by atomic mass is 10.2. The molecule has 1 N–H and O–H groups in total. The van der Waals surface area contributed by atoms with Crippen molar-refractivity contribution in [2.75, 3.05) is 6.54 Å². The van der Waals surface area contributed by atoms with Crippen LogP contribution in [-0.2, 0) is 13.0 Å². The molecule has 0 saturated heterocycles. The Morgan fingerprint density at radius 2 is 2.11 bits per heavy atom. The molecule has 0 saturated carbocycles. The van der Waals surface area contributed by atoms with Crippen LogP contribution in [0.15, 0.2) is 24.7 Å². The Hall–Kier alpha value is -1.68. The molecule has 0 aliphatic heterocycles. The maximum Gasteiger partial charge on any atom is 0.112 e. The first kappa shape index (κ1) is 12.8. The van der Waals surface area contributed by atoms with E-state index in [0.29, 0.717) is 0 Å². The molecule has 2 aromatic heterocycles. The van der Waals surface area contributed by atoms with Crippen LogP contribution < -0.4 is 5.32 Å². The summed E-state index contributed by atoms with van der Waals surface area (Å²) in [6.07, 6.45) is 6.75. The van der Waals surface area contributed by atoms with Crippen LogP contribution in [0.25, 0.3) is 5.69 Å². The average Bonchev–Trinajstić information content (AvgIpc) is 2.85. The number of pyridine rings is 1. The summed E-state index contributed by atoms with van der Waals surface area (Å²) in [5.41, 5.74) is 3.41. The van der Waals surface area contributed by atoms with Gasteiger partial charge in [0.15, 0.2) is 0 Å². The van der Waals surface area contributed by atoms with Crippen molar-refractivity contribution in [3.05, 3.63) is 41.7 Å². The Morgan fingerprint density at radius 1 is 1.28 bits per heavy atom. The fourth-order valence-electron chi connectivity index (χ4n) is 2.01.